The Morgan fingerprint density at radius 1 is 1.00 bits per heavy atom. The number of imide groups is 1. The highest BCUT2D eigenvalue weighted by molar-refractivity contribution is 9.13. The van der Waals surface area contributed by atoms with E-state index in [2.05, 4.69) is 47.8 Å². The van der Waals surface area contributed by atoms with Crippen LogP contribution in [0.1, 0.15) is 41.6 Å². The van der Waals surface area contributed by atoms with Gasteiger partial charge in [0.2, 0.25) is 11.8 Å². The van der Waals surface area contributed by atoms with Gasteiger partial charge >= 0.3 is 0 Å². The zero-order valence-corrected chi connectivity index (χ0v) is 27.0. The van der Waals surface area contributed by atoms with E-state index in [4.69, 9.17) is 4.74 Å². The SMILES string of the molecule is COc1cc(C2C3=CCC4C(=O)N(c5ccc(C(C)=O)cc5)C(=O)C4C3CC3=C2C(=O)C=C(Br)C3=O)c(Br)c(Br)c1O. The van der Waals surface area contributed by atoms with Gasteiger partial charge in [-0.1, -0.05) is 11.6 Å². The summed E-state index contributed by atoms with van der Waals surface area (Å²) in [5, 5.41) is 10.6. The molecule has 1 aliphatic heterocycles. The van der Waals surface area contributed by atoms with Crippen LogP contribution in [0.15, 0.2) is 72.6 Å². The maximum absolute atomic E-state index is 14.1. The van der Waals surface area contributed by atoms with Crippen LogP contribution in [-0.4, -0.2) is 41.4 Å². The topological polar surface area (TPSA) is 118 Å². The Labute approximate surface area is 265 Å². The minimum Gasteiger partial charge on any atom is -0.503 e. The first-order chi connectivity index (χ1) is 20.0. The number of benzene rings is 2. The van der Waals surface area contributed by atoms with Crippen molar-refractivity contribution in [3.05, 3.63) is 83.8 Å². The van der Waals surface area contributed by atoms with E-state index in [1.54, 1.807) is 30.3 Å². The second-order valence-electron chi connectivity index (χ2n) is 10.7. The summed E-state index contributed by atoms with van der Waals surface area (Å²) in [4.78, 5) is 67.7. The number of halogens is 3. The number of fused-ring (bicyclic) bond motifs is 3. The Bertz CT molecular complexity index is 1740. The number of Topliss-reactive ketones (excluding diaryl/α,β-unsaturated/α-hetero) is 2. The molecule has 1 N–H and O–H groups in total. The molecule has 42 heavy (non-hydrogen) atoms. The molecule has 1 heterocycles. The van der Waals surface area contributed by atoms with Crippen LogP contribution >= 0.6 is 47.8 Å². The van der Waals surface area contributed by atoms with Crippen molar-refractivity contribution in [2.45, 2.75) is 25.7 Å². The molecule has 4 aliphatic rings. The van der Waals surface area contributed by atoms with E-state index < -0.39 is 23.7 Å². The smallest absolute Gasteiger partial charge is 0.238 e. The highest BCUT2D eigenvalue weighted by atomic mass is 79.9. The number of nitrogens with zero attached hydrogens (tertiary/aromatic N) is 1. The zero-order chi connectivity index (χ0) is 30.2. The van der Waals surface area contributed by atoms with Gasteiger partial charge in [0, 0.05) is 33.2 Å². The molecule has 0 radical (unpaired) electrons. The number of ketones is 3. The van der Waals surface area contributed by atoms with Crippen molar-refractivity contribution in [1.29, 1.82) is 0 Å². The number of amides is 2. The van der Waals surface area contributed by atoms with Gasteiger partial charge < -0.3 is 9.84 Å². The fraction of sp³-hybridized carbons (Fsp3) is 0.258. The number of rotatable bonds is 4. The van der Waals surface area contributed by atoms with Gasteiger partial charge in [-0.15, -0.1) is 0 Å². The number of allylic oxidation sites excluding steroid dienone is 6. The van der Waals surface area contributed by atoms with Crippen LogP contribution in [0, 0.1) is 17.8 Å². The number of carbonyl (C=O) groups excluding carboxylic acids is 5. The number of aromatic hydroxyl groups is 1. The van der Waals surface area contributed by atoms with Crippen molar-refractivity contribution in [3.63, 3.8) is 0 Å². The fourth-order valence-electron chi connectivity index (χ4n) is 6.64. The Kier molecular flexibility index (Phi) is 7.26. The first-order valence-corrected chi connectivity index (χ1v) is 15.5. The van der Waals surface area contributed by atoms with E-state index >= 15 is 0 Å². The molecule has 3 aliphatic carbocycles. The van der Waals surface area contributed by atoms with Crippen LogP contribution < -0.4 is 9.64 Å². The molecule has 6 rings (SSSR count). The molecule has 0 saturated carbocycles. The predicted molar refractivity (Wildman–Crippen MR) is 164 cm³/mol. The summed E-state index contributed by atoms with van der Waals surface area (Å²) in [5.74, 6) is -4.16. The molecule has 0 bridgehead atoms. The first kappa shape index (κ1) is 28.9. The van der Waals surface area contributed by atoms with Crippen molar-refractivity contribution < 1.29 is 33.8 Å². The normalized spacial score (nSPS) is 25.1. The van der Waals surface area contributed by atoms with E-state index in [0.29, 0.717) is 36.9 Å². The lowest BCUT2D eigenvalue weighted by atomic mass is 9.59. The van der Waals surface area contributed by atoms with Crippen molar-refractivity contribution >= 4 is 82.6 Å². The lowest BCUT2D eigenvalue weighted by Gasteiger charge is -2.42. The largest absolute Gasteiger partial charge is 0.503 e. The van der Waals surface area contributed by atoms with Crippen molar-refractivity contribution in [1.82, 2.24) is 0 Å². The highest BCUT2D eigenvalue weighted by Gasteiger charge is 2.57. The summed E-state index contributed by atoms with van der Waals surface area (Å²) >= 11 is 10.2. The summed E-state index contributed by atoms with van der Waals surface area (Å²) in [6.07, 6.45) is 3.57. The predicted octanol–water partition coefficient (Wildman–Crippen LogP) is 6.10. The molecule has 2 aromatic rings. The van der Waals surface area contributed by atoms with Crippen molar-refractivity contribution in [2.75, 3.05) is 12.0 Å². The van der Waals surface area contributed by atoms with Gasteiger partial charge in [-0.3, -0.25) is 28.9 Å². The zero-order valence-electron chi connectivity index (χ0n) is 22.2. The summed E-state index contributed by atoms with van der Waals surface area (Å²) in [6, 6.07) is 7.96. The van der Waals surface area contributed by atoms with Crippen LogP contribution in [0.4, 0.5) is 5.69 Å². The van der Waals surface area contributed by atoms with Crippen LogP contribution in [0.2, 0.25) is 0 Å². The molecule has 214 valence electrons. The molecule has 1 saturated heterocycles. The van der Waals surface area contributed by atoms with Crippen molar-refractivity contribution in [2.24, 2.45) is 17.8 Å². The minimum atomic E-state index is -0.754. The van der Waals surface area contributed by atoms with E-state index in [-0.39, 0.29) is 58.0 Å². The molecule has 0 aromatic heterocycles. The van der Waals surface area contributed by atoms with E-state index in [9.17, 15) is 29.1 Å². The van der Waals surface area contributed by atoms with Gasteiger partial charge in [-0.2, -0.15) is 0 Å². The number of phenolic OH excluding ortho intramolecular Hbond substituents is 1. The van der Waals surface area contributed by atoms with Gasteiger partial charge in [-0.05, 0) is 109 Å². The monoisotopic (exact) mass is 757 g/mol. The molecular formula is C31H22Br3NO7. The second-order valence-corrected chi connectivity index (χ2v) is 13.1. The summed E-state index contributed by atoms with van der Waals surface area (Å²) in [5.41, 5.74) is 2.77. The number of methoxy groups -OCH3 is 1. The Balaban J connectivity index is 1.50. The quantitative estimate of drug-likeness (QED) is 0.174. The van der Waals surface area contributed by atoms with E-state index in [0.717, 1.165) is 5.57 Å². The average molecular weight is 760 g/mol. The molecule has 4 unspecified atom stereocenters. The van der Waals surface area contributed by atoms with Crippen LogP contribution in [0.3, 0.4) is 0 Å². The maximum Gasteiger partial charge on any atom is 0.238 e. The molecule has 2 amide bonds. The molecule has 1 fully saturated rings. The summed E-state index contributed by atoms with van der Waals surface area (Å²) < 4.78 is 6.32. The molecule has 4 atom stereocenters. The van der Waals surface area contributed by atoms with Crippen LogP contribution in [-0.2, 0) is 19.2 Å². The third kappa shape index (κ3) is 4.23. The molecule has 2 aromatic carbocycles. The lowest BCUT2D eigenvalue weighted by Crippen LogP contribution is -2.39. The number of hydrogen-bond donors (Lipinski definition) is 1. The highest BCUT2D eigenvalue weighted by Crippen LogP contribution is 2.58. The Morgan fingerprint density at radius 2 is 1.69 bits per heavy atom. The molecule has 0 spiro atoms. The molecule has 8 nitrogen and oxygen atoms in total. The van der Waals surface area contributed by atoms with Gasteiger partial charge in [0.25, 0.3) is 0 Å². The number of ether oxygens (including phenoxy) is 1. The number of anilines is 1. The standard InChI is InChI=1S/C31H22Br3NO7/c1-12(36)13-3-5-14(6-4-13)35-30(40)16-8-7-15-17(24(16)31(35)41)9-19-25(21(37)11-20(32)28(19)38)23(15)18-10-22(42-2)29(39)27(34)26(18)33/h3-7,10-11,16-17,23-24,39H,8-9H2,1-2H3. The Hall–Kier alpha value is -3.15. The summed E-state index contributed by atoms with van der Waals surface area (Å²) in [7, 11) is 1.41. The van der Waals surface area contributed by atoms with Gasteiger partial charge in [-0.25, -0.2) is 0 Å². The third-order valence-electron chi connectivity index (χ3n) is 8.57. The second kappa shape index (κ2) is 10.5. The van der Waals surface area contributed by atoms with Gasteiger partial charge in [0.1, 0.15) is 0 Å². The Morgan fingerprint density at radius 3 is 2.33 bits per heavy atom. The number of hydrogen-bond acceptors (Lipinski definition) is 7. The minimum absolute atomic E-state index is 0.122. The fourth-order valence-corrected chi connectivity index (χ4v) is 8.04. The van der Waals surface area contributed by atoms with Gasteiger partial charge in [0.05, 0.1) is 33.6 Å². The third-order valence-corrected chi connectivity index (χ3v) is 11.3. The van der Waals surface area contributed by atoms with Gasteiger partial charge in [0.15, 0.2) is 28.8 Å². The molecule has 11 heteroatoms. The lowest BCUT2D eigenvalue weighted by molar-refractivity contribution is -0.123. The number of carbonyl (C=O) groups is 5. The van der Waals surface area contributed by atoms with E-state index in [1.807, 2.05) is 6.08 Å². The van der Waals surface area contributed by atoms with Crippen LogP contribution in [0.5, 0.6) is 11.5 Å². The van der Waals surface area contributed by atoms with Crippen LogP contribution in [0.25, 0.3) is 0 Å². The van der Waals surface area contributed by atoms with Crippen molar-refractivity contribution in [3.8, 4) is 11.5 Å². The molecular weight excluding hydrogens is 738 g/mol. The number of phenols is 1. The maximum atomic E-state index is 14.1. The summed E-state index contributed by atoms with van der Waals surface area (Å²) in [6.45, 7) is 1.44. The average Bonchev–Trinajstić information content (AvgIpc) is 3.23. The van der Waals surface area contributed by atoms with E-state index in [1.165, 1.54) is 25.0 Å². The first-order valence-electron chi connectivity index (χ1n) is 13.1.